The summed E-state index contributed by atoms with van der Waals surface area (Å²) in [5.41, 5.74) is 1.27. The second kappa shape index (κ2) is 11.5. The van der Waals surface area contributed by atoms with Gasteiger partial charge in [0.1, 0.15) is 5.76 Å². The summed E-state index contributed by atoms with van der Waals surface area (Å²) in [6.45, 7) is 6.16. The molecule has 0 aliphatic carbocycles. The van der Waals surface area contributed by atoms with Crippen molar-refractivity contribution in [3.63, 3.8) is 0 Å². The van der Waals surface area contributed by atoms with Crippen LogP contribution in [0.15, 0.2) is 35.1 Å². The predicted octanol–water partition coefficient (Wildman–Crippen LogP) is 3.50. The third-order valence-electron chi connectivity index (χ3n) is 5.44. The minimum Gasteiger partial charge on any atom is -0.475 e. The molecule has 0 saturated carbocycles. The number of carboxylic acids is 1. The highest BCUT2D eigenvalue weighted by atomic mass is 19.4. The molecule has 0 bridgehead atoms. The Morgan fingerprint density at radius 2 is 2.03 bits per heavy atom. The maximum Gasteiger partial charge on any atom is 0.490 e. The lowest BCUT2D eigenvalue weighted by molar-refractivity contribution is -0.192. The van der Waals surface area contributed by atoms with Gasteiger partial charge in [-0.2, -0.15) is 18.3 Å². The van der Waals surface area contributed by atoms with Crippen LogP contribution < -0.4 is 0 Å². The average molecular weight is 459 g/mol. The van der Waals surface area contributed by atoms with Gasteiger partial charge in [0.15, 0.2) is 0 Å². The van der Waals surface area contributed by atoms with Gasteiger partial charge in [0.2, 0.25) is 0 Å². The summed E-state index contributed by atoms with van der Waals surface area (Å²) >= 11 is 0. The van der Waals surface area contributed by atoms with Crippen LogP contribution in [0.4, 0.5) is 13.2 Å². The number of nitrogens with zero attached hydrogens (tertiary/aromatic N) is 3. The van der Waals surface area contributed by atoms with Gasteiger partial charge in [0, 0.05) is 45.7 Å². The van der Waals surface area contributed by atoms with E-state index in [1.807, 2.05) is 18.3 Å². The first-order chi connectivity index (χ1) is 15.3. The summed E-state index contributed by atoms with van der Waals surface area (Å²) in [4.78, 5) is 11.3. The lowest BCUT2D eigenvalue weighted by Crippen LogP contribution is -2.37. The average Bonchev–Trinajstić information content (AvgIpc) is 3.44. The second-order valence-corrected chi connectivity index (χ2v) is 7.89. The molecule has 1 atom stereocenters. The number of aliphatic carboxylic acids is 1. The van der Waals surface area contributed by atoms with E-state index in [1.165, 1.54) is 5.69 Å². The predicted molar refractivity (Wildman–Crippen MR) is 107 cm³/mol. The smallest absolute Gasteiger partial charge is 0.475 e. The molecule has 2 aromatic rings. The van der Waals surface area contributed by atoms with Crippen molar-refractivity contribution in [3.05, 3.63) is 42.1 Å². The van der Waals surface area contributed by atoms with Crippen LogP contribution in [-0.2, 0) is 27.4 Å². The molecular formula is C21H28F3N3O5. The standard InChI is InChI=1S/C19H27N3O3.C2HF3O2/c1-2-19(25-8-1)14-21-12-17-3-7-20-22(17)18(13-21)6-11-24-15-16-4-9-23-10-5-16;3-2(4,5)1(6)7/h1-3,7-8,16,18H,4-6,9-15H2;(H,6,7). The van der Waals surface area contributed by atoms with Gasteiger partial charge in [-0.1, -0.05) is 0 Å². The maximum absolute atomic E-state index is 10.6. The van der Waals surface area contributed by atoms with E-state index in [4.69, 9.17) is 23.8 Å². The molecular weight excluding hydrogens is 431 g/mol. The summed E-state index contributed by atoms with van der Waals surface area (Å²) in [6.07, 6.45) is 1.81. The summed E-state index contributed by atoms with van der Waals surface area (Å²) < 4.78 is 50.8. The van der Waals surface area contributed by atoms with Gasteiger partial charge < -0.3 is 19.0 Å². The monoisotopic (exact) mass is 459 g/mol. The van der Waals surface area contributed by atoms with Crippen LogP contribution in [-0.4, -0.2) is 64.9 Å². The zero-order valence-corrected chi connectivity index (χ0v) is 17.7. The molecule has 2 aliphatic heterocycles. The molecule has 2 aliphatic rings. The Morgan fingerprint density at radius 3 is 2.69 bits per heavy atom. The molecule has 0 radical (unpaired) electrons. The Hall–Kier alpha value is -2.37. The first kappa shape index (κ1) is 24.3. The zero-order valence-electron chi connectivity index (χ0n) is 17.7. The first-order valence-electron chi connectivity index (χ1n) is 10.6. The second-order valence-electron chi connectivity index (χ2n) is 7.89. The lowest BCUT2D eigenvalue weighted by Gasteiger charge is -2.33. The Kier molecular flexibility index (Phi) is 8.71. The Balaban J connectivity index is 0.000000360. The fourth-order valence-electron chi connectivity index (χ4n) is 3.80. The molecule has 32 heavy (non-hydrogen) atoms. The highest BCUT2D eigenvalue weighted by molar-refractivity contribution is 5.73. The third kappa shape index (κ3) is 7.35. The third-order valence-corrected chi connectivity index (χ3v) is 5.44. The van der Waals surface area contributed by atoms with Crippen LogP contribution in [0.1, 0.15) is 36.8 Å². The van der Waals surface area contributed by atoms with Gasteiger partial charge in [-0.15, -0.1) is 0 Å². The molecule has 0 spiro atoms. The number of hydrogen-bond acceptors (Lipinski definition) is 6. The molecule has 1 fully saturated rings. The molecule has 1 unspecified atom stereocenters. The van der Waals surface area contributed by atoms with E-state index in [9.17, 15) is 13.2 Å². The Bertz CT molecular complexity index is 819. The number of hydrogen-bond donors (Lipinski definition) is 1. The molecule has 8 nitrogen and oxygen atoms in total. The number of ether oxygens (including phenoxy) is 2. The van der Waals surface area contributed by atoms with Gasteiger partial charge in [-0.05, 0) is 43.4 Å². The SMILES string of the molecule is O=C(O)C(F)(F)F.c1coc(CN2Cc3ccnn3C(CCOCC3CCOCC3)C2)c1. The van der Waals surface area contributed by atoms with Crippen molar-refractivity contribution in [2.24, 2.45) is 5.92 Å². The minimum absolute atomic E-state index is 0.364. The van der Waals surface area contributed by atoms with Gasteiger partial charge in [-0.3, -0.25) is 9.58 Å². The molecule has 1 N–H and O–H groups in total. The van der Waals surface area contributed by atoms with Crippen molar-refractivity contribution >= 4 is 5.97 Å². The largest absolute Gasteiger partial charge is 0.490 e. The highest BCUT2D eigenvalue weighted by Crippen LogP contribution is 2.25. The fraction of sp³-hybridized carbons (Fsp3) is 0.619. The number of carbonyl (C=O) groups is 1. The van der Waals surface area contributed by atoms with Gasteiger partial charge in [-0.25, -0.2) is 4.79 Å². The molecule has 178 valence electrons. The summed E-state index contributed by atoms with van der Waals surface area (Å²) in [7, 11) is 0. The van der Waals surface area contributed by atoms with Crippen molar-refractivity contribution in [1.82, 2.24) is 14.7 Å². The van der Waals surface area contributed by atoms with Crippen molar-refractivity contribution in [1.29, 1.82) is 0 Å². The normalized spacial score (nSPS) is 19.8. The van der Waals surface area contributed by atoms with Crippen molar-refractivity contribution in [2.75, 3.05) is 33.0 Å². The number of carboxylic acid groups (broad SMARTS) is 1. The Morgan fingerprint density at radius 1 is 1.28 bits per heavy atom. The number of aromatic nitrogens is 2. The summed E-state index contributed by atoms with van der Waals surface area (Å²) in [5.74, 6) is -1.08. The van der Waals surface area contributed by atoms with Gasteiger partial charge in [0.05, 0.1) is 24.5 Å². The van der Waals surface area contributed by atoms with Crippen molar-refractivity contribution in [2.45, 2.75) is 44.6 Å². The molecule has 0 aromatic carbocycles. The fourth-order valence-corrected chi connectivity index (χ4v) is 3.80. The van der Waals surface area contributed by atoms with Crippen LogP contribution in [0, 0.1) is 5.92 Å². The van der Waals surface area contributed by atoms with E-state index >= 15 is 0 Å². The van der Waals surface area contributed by atoms with Crippen molar-refractivity contribution in [3.8, 4) is 0 Å². The van der Waals surface area contributed by atoms with E-state index in [-0.39, 0.29) is 0 Å². The van der Waals surface area contributed by atoms with Crippen LogP contribution in [0.5, 0.6) is 0 Å². The Labute approximate surface area is 183 Å². The first-order valence-corrected chi connectivity index (χ1v) is 10.6. The number of halogens is 3. The van der Waals surface area contributed by atoms with Crippen LogP contribution in [0.25, 0.3) is 0 Å². The highest BCUT2D eigenvalue weighted by Gasteiger charge is 2.38. The molecule has 11 heteroatoms. The molecule has 4 heterocycles. The molecule has 0 amide bonds. The summed E-state index contributed by atoms with van der Waals surface area (Å²) in [5, 5.41) is 11.7. The van der Waals surface area contributed by atoms with E-state index in [0.29, 0.717) is 12.0 Å². The van der Waals surface area contributed by atoms with Crippen LogP contribution >= 0.6 is 0 Å². The van der Waals surface area contributed by atoms with Gasteiger partial charge >= 0.3 is 12.1 Å². The number of rotatable bonds is 7. The topological polar surface area (TPSA) is 90.0 Å². The van der Waals surface area contributed by atoms with E-state index in [1.54, 1.807) is 6.26 Å². The minimum atomic E-state index is -5.08. The molecule has 4 rings (SSSR count). The maximum atomic E-state index is 10.6. The van der Waals surface area contributed by atoms with E-state index in [2.05, 4.69) is 20.7 Å². The van der Waals surface area contributed by atoms with Crippen LogP contribution in [0.3, 0.4) is 0 Å². The van der Waals surface area contributed by atoms with E-state index < -0.39 is 12.1 Å². The number of fused-ring (bicyclic) bond motifs is 1. The summed E-state index contributed by atoms with van der Waals surface area (Å²) in [6, 6.07) is 6.47. The lowest BCUT2D eigenvalue weighted by atomic mass is 10.0. The van der Waals surface area contributed by atoms with E-state index in [0.717, 1.165) is 71.1 Å². The number of alkyl halides is 3. The van der Waals surface area contributed by atoms with Crippen LogP contribution in [0.2, 0.25) is 0 Å². The van der Waals surface area contributed by atoms with Gasteiger partial charge in [0.25, 0.3) is 0 Å². The van der Waals surface area contributed by atoms with Crippen molar-refractivity contribution < 1.29 is 37.0 Å². The quantitative estimate of drug-likeness (QED) is 0.634. The molecule has 1 saturated heterocycles. The number of furan rings is 1. The molecule has 2 aromatic heterocycles. The zero-order chi connectivity index (χ0) is 23.0.